The van der Waals surface area contributed by atoms with Crippen LogP contribution in [0.3, 0.4) is 0 Å². The highest BCUT2D eigenvalue weighted by atomic mass is 16.6. The quantitative estimate of drug-likeness (QED) is 0.300. The van der Waals surface area contributed by atoms with Crippen molar-refractivity contribution in [2.45, 2.75) is 71.8 Å². The number of carbonyl (C=O) groups is 1. The van der Waals surface area contributed by atoms with Gasteiger partial charge in [-0.05, 0) is 93.4 Å². The van der Waals surface area contributed by atoms with Crippen LogP contribution in [0.15, 0.2) is 48.5 Å². The first-order valence-corrected chi connectivity index (χ1v) is 14.4. The van der Waals surface area contributed by atoms with Gasteiger partial charge in [0.05, 0.1) is 17.0 Å². The molecule has 0 aliphatic heterocycles. The molecule has 1 saturated carbocycles. The summed E-state index contributed by atoms with van der Waals surface area (Å²) in [4.78, 5) is 23.5. The van der Waals surface area contributed by atoms with Crippen LogP contribution >= 0.6 is 0 Å². The molecule has 1 heterocycles. The summed E-state index contributed by atoms with van der Waals surface area (Å²) in [5.74, 6) is 1.59. The first kappa shape index (κ1) is 26.7. The Morgan fingerprint density at radius 3 is 2.55 bits per heavy atom. The Labute approximate surface area is 227 Å². The molecule has 0 amide bonds. The molecule has 1 N–H and O–H groups in total. The molecule has 0 radical (unpaired) electrons. The van der Waals surface area contributed by atoms with Gasteiger partial charge in [-0.15, -0.1) is 0 Å². The minimum absolute atomic E-state index is 0.0629. The van der Waals surface area contributed by atoms with Gasteiger partial charge in [0.25, 0.3) is 0 Å². The van der Waals surface area contributed by atoms with E-state index in [1.165, 1.54) is 28.7 Å². The molecule has 0 spiro atoms. The minimum Gasteiger partial charge on any atom is -0.458 e. The third kappa shape index (κ3) is 5.44. The van der Waals surface area contributed by atoms with E-state index in [0.717, 1.165) is 62.1 Å². The van der Waals surface area contributed by atoms with Crippen molar-refractivity contribution in [2.24, 2.45) is 17.8 Å². The molecule has 202 valence electrons. The summed E-state index contributed by atoms with van der Waals surface area (Å²) in [6.45, 7) is 10.2. The summed E-state index contributed by atoms with van der Waals surface area (Å²) in [6.07, 6.45) is 8.53. The van der Waals surface area contributed by atoms with E-state index < -0.39 is 5.60 Å². The maximum absolute atomic E-state index is 12.9. The number of aryl methyl sites for hydroxylation is 3. The molecular formula is C33H43N3O2. The Kier molecular flexibility index (Phi) is 7.76. The number of carbonyl (C=O) groups excluding carboxylic acids is 1. The molecule has 1 fully saturated rings. The Balaban J connectivity index is 1.27. The van der Waals surface area contributed by atoms with Crippen LogP contribution in [0.5, 0.6) is 0 Å². The number of fused-ring (bicyclic) bond motifs is 3. The van der Waals surface area contributed by atoms with E-state index >= 15 is 0 Å². The van der Waals surface area contributed by atoms with Crippen LogP contribution < -0.4 is 0 Å². The van der Waals surface area contributed by atoms with E-state index in [-0.39, 0.29) is 17.8 Å². The van der Waals surface area contributed by atoms with Crippen molar-refractivity contribution in [1.29, 1.82) is 0 Å². The van der Waals surface area contributed by atoms with Crippen molar-refractivity contribution in [3.63, 3.8) is 0 Å². The van der Waals surface area contributed by atoms with Gasteiger partial charge in [0, 0.05) is 25.3 Å². The van der Waals surface area contributed by atoms with E-state index in [9.17, 15) is 4.79 Å². The van der Waals surface area contributed by atoms with Crippen LogP contribution in [0.2, 0.25) is 0 Å². The maximum Gasteiger partial charge on any atom is 0.308 e. The number of benzene rings is 2. The predicted molar refractivity (Wildman–Crippen MR) is 155 cm³/mol. The molecule has 0 saturated heterocycles. The first-order chi connectivity index (χ1) is 18.3. The van der Waals surface area contributed by atoms with Gasteiger partial charge in [-0.2, -0.15) is 0 Å². The molecule has 3 aliphatic carbocycles. The van der Waals surface area contributed by atoms with Crippen LogP contribution in [-0.4, -0.2) is 46.6 Å². The lowest BCUT2D eigenvalue weighted by Crippen LogP contribution is -2.51. The van der Waals surface area contributed by atoms with Crippen LogP contribution in [-0.2, 0) is 16.0 Å². The van der Waals surface area contributed by atoms with Gasteiger partial charge in [0.15, 0.2) is 0 Å². The number of allylic oxidation sites excluding steroid dienone is 1. The molecule has 5 nitrogen and oxygen atoms in total. The van der Waals surface area contributed by atoms with E-state index in [1.54, 1.807) is 0 Å². The van der Waals surface area contributed by atoms with Crippen LogP contribution in [0.4, 0.5) is 0 Å². The van der Waals surface area contributed by atoms with Crippen molar-refractivity contribution < 1.29 is 9.53 Å². The third-order valence-corrected chi connectivity index (χ3v) is 8.77. The zero-order valence-electron chi connectivity index (χ0n) is 23.7. The fourth-order valence-corrected chi connectivity index (χ4v) is 6.63. The Morgan fingerprint density at radius 2 is 1.87 bits per heavy atom. The van der Waals surface area contributed by atoms with Gasteiger partial charge in [0.1, 0.15) is 11.4 Å². The number of aromatic nitrogens is 2. The van der Waals surface area contributed by atoms with Gasteiger partial charge in [-0.3, -0.25) is 4.79 Å². The number of imidazole rings is 1. The molecule has 0 unspecified atom stereocenters. The highest BCUT2D eigenvalue weighted by Gasteiger charge is 2.50. The summed E-state index contributed by atoms with van der Waals surface area (Å²) in [5, 5.41) is 0. The molecule has 3 aliphatic rings. The second kappa shape index (κ2) is 11.1. The molecule has 1 aromatic heterocycles. The van der Waals surface area contributed by atoms with Gasteiger partial charge in [-0.25, -0.2) is 4.98 Å². The number of hydrogen-bond acceptors (Lipinski definition) is 4. The number of rotatable bonds is 10. The number of H-pyrrole nitrogens is 1. The van der Waals surface area contributed by atoms with Crippen molar-refractivity contribution in [3.8, 4) is 0 Å². The third-order valence-electron chi connectivity index (χ3n) is 8.77. The number of nitrogens with one attached hydrogen (secondary N) is 1. The Morgan fingerprint density at radius 1 is 1.11 bits per heavy atom. The fraction of sp³-hybridized carbons (Fsp3) is 0.515. The summed E-state index contributed by atoms with van der Waals surface area (Å²) in [5.41, 5.74) is 7.31. The molecule has 3 atom stereocenters. The summed E-state index contributed by atoms with van der Waals surface area (Å²) < 4.78 is 6.45. The molecule has 2 aromatic carbocycles. The van der Waals surface area contributed by atoms with Crippen LogP contribution in [0.25, 0.3) is 16.6 Å². The van der Waals surface area contributed by atoms with Gasteiger partial charge >= 0.3 is 5.97 Å². The Hall–Kier alpha value is -2.92. The zero-order chi connectivity index (χ0) is 26.9. The van der Waals surface area contributed by atoms with Gasteiger partial charge in [0.2, 0.25) is 0 Å². The largest absolute Gasteiger partial charge is 0.458 e. The lowest BCUT2D eigenvalue weighted by Gasteiger charge is -2.51. The van der Waals surface area contributed by atoms with E-state index in [2.05, 4.69) is 67.2 Å². The zero-order valence-corrected chi connectivity index (χ0v) is 23.7. The molecule has 38 heavy (non-hydrogen) atoms. The smallest absolute Gasteiger partial charge is 0.308 e. The second-order valence-electron chi connectivity index (χ2n) is 12.0. The molecule has 5 heteroatoms. The van der Waals surface area contributed by atoms with E-state index in [1.807, 2.05) is 26.0 Å². The Bertz CT molecular complexity index is 1270. The number of nitrogens with zero attached hydrogens (tertiary/aromatic N) is 2. The number of esters is 1. The topological polar surface area (TPSA) is 58.2 Å². The van der Waals surface area contributed by atoms with E-state index in [0.29, 0.717) is 5.92 Å². The van der Waals surface area contributed by atoms with Crippen LogP contribution in [0.1, 0.15) is 68.5 Å². The number of aromatic amines is 1. The maximum atomic E-state index is 12.9. The average Bonchev–Trinajstić information content (AvgIpc) is 3.31. The van der Waals surface area contributed by atoms with Gasteiger partial charge in [-0.1, -0.05) is 50.3 Å². The summed E-state index contributed by atoms with van der Waals surface area (Å²) in [6, 6.07) is 14.8. The van der Waals surface area contributed by atoms with Crippen molar-refractivity contribution in [2.75, 3.05) is 20.1 Å². The van der Waals surface area contributed by atoms with Gasteiger partial charge < -0.3 is 14.6 Å². The SMILES string of the molecule is Cc1cccc(C)c1C1=C[C@H]2CC[C@@H]1C[C@]2(CCN(C)CCCc1nc2ccccc2[nH]1)OC(=O)C(C)C. The molecule has 3 aromatic rings. The lowest BCUT2D eigenvalue weighted by molar-refractivity contribution is -0.176. The van der Waals surface area contributed by atoms with E-state index in [4.69, 9.17) is 9.72 Å². The highest BCUT2D eigenvalue weighted by molar-refractivity contribution is 5.76. The molecule has 6 rings (SSSR count). The van der Waals surface area contributed by atoms with Crippen LogP contribution in [0, 0.1) is 31.6 Å². The predicted octanol–water partition coefficient (Wildman–Crippen LogP) is 6.89. The lowest BCUT2D eigenvalue weighted by atomic mass is 9.60. The second-order valence-corrected chi connectivity index (χ2v) is 12.0. The standard InChI is InChI=1S/C33H43N3O2/c1-22(2)32(37)38-33(17-19-36(5)18-9-14-30-34-28-12-6-7-13-29(28)35-30)21-25-15-16-26(33)20-27(25)31-23(3)10-8-11-24(31)4/h6-8,10-13,20,22,25-26H,9,14-19,21H2,1-5H3,(H,34,35)/t25-,26-,33+/m1/s1. The van der Waals surface area contributed by atoms with Crippen molar-refractivity contribution >= 4 is 22.6 Å². The number of para-hydroxylation sites is 2. The summed E-state index contributed by atoms with van der Waals surface area (Å²) in [7, 11) is 2.19. The number of hydrogen-bond donors (Lipinski definition) is 1. The average molecular weight is 514 g/mol. The number of ether oxygens (including phenoxy) is 1. The molecular weight excluding hydrogens is 470 g/mol. The fourth-order valence-electron chi connectivity index (χ4n) is 6.63. The van der Waals surface area contributed by atoms with Crippen molar-refractivity contribution in [3.05, 3.63) is 71.1 Å². The summed E-state index contributed by atoms with van der Waals surface area (Å²) >= 11 is 0. The normalized spacial score (nSPS) is 22.9. The van der Waals surface area contributed by atoms with Crippen molar-refractivity contribution in [1.82, 2.24) is 14.9 Å². The molecule has 2 bridgehead atoms. The first-order valence-electron chi connectivity index (χ1n) is 14.4. The minimum atomic E-state index is -0.405. The highest BCUT2D eigenvalue weighted by Crippen LogP contribution is 2.53. The monoisotopic (exact) mass is 513 g/mol.